The predicted octanol–water partition coefficient (Wildman–Crippen LogP) is 3.88. The number of ether oxygens (including phenoxy) is 2. The van der Waals surface area contributed by atoms with E-state index in [0.29, 0.717) is 5.95 Å². The first kappa shape index (κ1) is 16.8. The molecule has 0 unspecified atom stereocenters. The Labute approximate surface area is 156 Å². The third kappa shape index (κ3) is 3.27. The second-order valence-corrected chi connectivity index (χ2v) is 5.98. The minimum atomic E-state index is 0.498. The quantitative estimate of drug-likeness (QED) is 0.581. The molecule has 0 aliphatic heterocycles. The van der Waals surface area contributed by atoms with E-state index in [-0.39, 0.29) is 0 Å². The maximum absolute atomic E-state index is 5.32. The minimum absolute atomic E-state index is 0.498. The van der Waals surface area contributed by atoms with Crippen molar-refractivity contribution in [1.29, 1.82) is 0 Å². The van der Waals surface area contributed by atoms with Crippen molar-refractivity contribution in [3.05, 3.63) is 60.6 Å². The van der Waals surface area contributed by atoms with Crippen LogP contribution < -0.4 is 14.8 Å². The van der Waals surface area contributed by atoms with E-state index in [2.05, 4.69) is 20.3 Å². The Kier molecular flexibility index (Phi) is 4.33. The predicted molar refractivity (Wildman–Crippen MR) is 104 cm³/mol. The van der Waals surface area contributed by atoms with E-state index in [0.717, 1.165) is 39.7 Å². The van der Waals surface area contributed by atoms with Gasteiger partial charge in [0.15, 0.2) is 5.65 Å². The van der Waals surface area contributed by atoms with Gasteiger partial charge < -0.3 is 14.8 Å². The molecule has 2 aromatic carbocycles. The number of benzene rings is 2. The Hall–Kier alpha value is -3.61. The lowest BCUT2D eigenvalue weighted by Crippen LogP contribution is -2.02. The number of imidazole rings is 1. The van der Waals surface area contributed by atoms with Crippen molar-refractivity contribution >= 4 is 22.8 Å². The smallest absolute Gasteiger partial charge is 0.229 e. The average Bonchev–Trinajstić information content (AvgIpc) is 3.12. The van der Waals surface area contributed by atoms with E-state index in [1.807, 2.05) is 60.0 Å². The number of anilines is 2. The summed E-state index contributed by atoms with van der Waals surface area (Å²) < 4.78 is 12.5. The highest BCUT2D eigenvalue weighted by atomic mass is 16.5. The van der Waals surface area contributed by atoms with Crippen LogP contribution in [-0.4, -0.2) is 33.7 Å². The third-order valence-corrected chi connectivity index (χ3v) is 4.23. The number of fused-ring (bicyclic) bond motifs is 1. The summed E-state index contributed by atoms with van der Waals surface area (Å²) >= 11 is 0. The fourth-order valence-corrected chi connectivity index (χ4v) is 2.88. The van der Waals surface area contributed by atoms with Crippen LogP contribution in [0.4, 0.5) is 11.6 Å². The zero-order chi connectivity index (χ0) is 18.8. The van der Waals surface area contributed by atoms with E-state index in [4.69, 9.17) is 9.47 Å². The number of hydrogen-bond acceptors (Lipinski definition) is 6. The number of nitrogens with zero attached hydrogens (tertiary/aromatic N) is 4. The van der Waals surface area contributed by atoms with Crippen molar-refractivity contribution in [3.8, 4) is 17.2 Å². The number of methoxy groups -OCH3 is 2. The first-order chi connectivity index (χ1) is 13.2. The monoisotopic (exact) mass is 361 g/mol. The van der Waals surface area contributed by atoms with E-state index in [1.54, 1.807) is 20.5 Å². The van der Waals surface area contributed by atoms with Gasteiger partial charge in [0.2, 0.25) is 5.95 Å². The lowest BCUT2D eigenvalue weighted by atomic mass is 10.3. The van der Waals surface area contributed by atoms with Crippen molar-refractivity contribution in [2.45, 2.75) is 6.92 Å². The summed E-state index contributed by atoms with van der Waals surface area (Å²) in [6, 6.07) is 15.4. The van der Waals surface area contributed by atoms with E-state index in [9.17, 15) is 0 Å². The van der Waals surface area contributed by atoms with Gasteiger partial charge in [0.05, 0.1) is 25.6 Å². The highest BCUT2D eigenvalue weighted by Gasteiger charge is 2.12. The van der Waals surface area contributed by atoms with Gasteiger partial charge in [0.25, 0.3) is 0 Å². The summed E-state index contributed by atoms with van der Waals surface area (Å²) in [6.45, 7) is 1.92. The molecule has 4 rings (SSSR count). The summed E-state index contributed by atoms with van der Waals surface area (Å²) in [5, 5.41) is 3.23. The molecule has 0 bridgehead atoms. The van der Waals surface area contributed by atoms with Crippen molar-refractivity contribution < 1.29 is 9.47 Å². The highest BCUT2D eigenvalue weighted by Crippen LogP contribution is 2.24. The van der Waals surface area contributed by atoms with Gasteiger partial charge in [-0.2, -0.15) is 4.98 Å². The molecule has 7 heteroatoms. The number of rotatable bonds is 5. The second kappa shape index (κ2) is 6.95. The van der Waals surface area contributed by atoms with Gasteiger partial charge in [-0.15, -0.1) is 0 Å². The lowest BCUT2D eigenvalue weighted by Gasteiger charge is -2.09. The normalized spacial score (nSPS) is 10.8. The molecule has 2 aromatic heterocycles. The molecule has 0 radical (unpaired) electrons. The zero-order valence-corrected chi connectivity index (χ0v) is 15.3. The number of aryl methyl sites for hydroxylation is 1. The van der Waals surface area contributed by atoms with Crippen molar-refractivity contribution in [3.63, 3.8) is 0 Å². The van der Waals surface area contributed by atoms with Crippen LogP contribution in [-0.2, 0) is 0 Å². The summed E-state index contributed by atoms with van der Waals surface area (Å²) in [6.07, 6.45) is 1.75. The fourth-order valence-electron chi connectivity index (χ4n) is 2.88. The zero-order valence-electron chi connectivity index (χ0n) is 15.3. The molecule has 4 aromatic rings. The SMILES string of the molecule is COc1cccc(Nc2nc(C)c3ncn(-c4cccc(OC)c4)c3n2)c1. The molecule has 136 valence electrons. The van der Waals surface area contributed by atoms with Crippen LogP contribution in [0.5, 0.6) is 11.5 Å². The van der Waals surface area contributed by atoms with Crippen molar-refractivity contribution in [2.75, 3.05) is 19.5 Å². The van der Waals surface area contributed by atoms with Crippen LogP contribution in [0, 0.1) is 6.92 Å². The molecule has 0 saturated heterocycles. The van der Waals surface area contributed by atoms with Gasteiger partial charge in [-0.3, -0.25) is 4.57 Å². The molecule has 0 amide bonds. The van der Waals surface area contributed by atoms with E-state index in [1.165, 1.54) is 0 Å². The molecule has 0 aliphatic carbocycles. The maximum atomic E-state index is 5.32. The van der Waals surface area contributed by atoms with Crippen LogP contribution in [0.3, 0.4) is 0 Å². The molecule has 0 aliphatic rings. The molecular formula is C20H19N5O2. The number of nitrogens with one attached hydrogen (secondary N) is 1. The molecule has 27 heavy (non-hydrogen) atoms. The first-order valence-electron chi connectivity index (χ1n) is 8.45. The molecule has 7 nitrogen and oxygen atoms in total. The van der Waals surface area contributed by atoms with Crippen LogP contribution in [0.15, 0.2) is 54.9 Å². The van der Waals surface area contributed by atoms with Crippen LogP contribution in [0.2, 0.25) is 0 Å². The largest absolute Gasteiger partial charge is 0.497 e. The van der Waals surface area contributed by atoms with Gasteiger partial charge in [0, 0.05) is 17.8 Å². The Morgan fingerprint density at radius 1 is 0.926 bits per heavy atom. The van der Waals surface area contributed by atoms with E-state index >= 15 is 0 Å². The fraction of sp³-hybridized carbons (Fsp3) is 0.150. The highest BCUT2D eigenvalue weighted by molar-refractivity contribution is 5.77. The molecule has 2 heterocycles. The molecule has 0 atom stereocenters. The maximum Gasteiger partial charge on any atom is 0.229 e. The Morgan fingerprint density at radius 3 is 2.44 bits per heavy atom. The summed E-state index contributed by atoms with van der Waals surface area (Å²) in [5.41, 5.74) is 4.05. The summed E-state index contributed by atoms with van der Waals surface area (Å²) in [4.78, 5) is 13.7. The van der Waals surface area contributed by atoms with Gasteiger partial charge in [-0.1, -0.05) is 12.1 Å². The standard InChI is InChI=1S/C20H19N5O2/c1-13-18-19(25(12-21-18)15-7-5-9-17(11-15)27-3)24-20(22-13)23-14-6-4-8-16(10-14)26-2/h4-12H,1-3H3,(H,22,23,24). The van der Waals surface area contributed by atoms with Crippen LogP contribution >= 0.6 is 0 Å². The van der Waals surface area contributed by atoms with E-state index < -0.39 is 0 Å². The topological polar surface area (TPSA) is 74.1 Å². The average molecular weight is 361 g/mol. The van der Waals surface area contributed by atoms with Gasteiger partial charge in [-0.25, -0.2) is 9.97 Å². The number of hydrogen-bond donors (Lipinski definition) is 1. The molecule has 0 fully saturated rings. The summed E-state index contributed by atoms with van der Waals surface area (Å²) in [7, 11) is 3.28. The molecular weight excluding hydrogens is 342 g/mol. The van der Waals surface area contributed by atoms with Crippen LogP contribution in [0.25, 0.3) is 16.9 Å². The summed E-state index contributed by atoms with van der Waals surface area (Å²) in [5.74, 6) is 2.03. The lowest BCUT2D eigenvalue weighted by molar-refractivity contribution is 0.414. The van der Waals surface area contributed by atoms with Crippen molar-refractivity contribution in [1.82, 2.24) is 19.5 Å². The molecule has 1 N–H and O–H groups in total. The van der Waals surface area contributed by atoms with Gasteiger partial charge >= 0.3 is 0 Å². The Balaban J connectivity index is 1.77. The third-order valence-electron chi connectivity index (χ3n) is 4.23. The first-order valence-corrected chi connectivity index (χ1v) is 8.45. The van der Waals surface area contributed by atoms with Gasteiger partial charge in [-0.05, 0) is 31.2 Å². The van der Waals surface area contributed by atoms with Gasteiger partial charge in [0.1, 0.15) is 23.3 Å². The minimum Gasteiger partial charge on any atom is -0.497 e. The number of aromatic nitrogens is 4. The molecule has 0 saturated carbocycles. The second-order valence-electron chi connectivity index (χ2n) is 5.98. The van der Waals surface area contributed by atoms with Crippen molar-refractivity contribution in [2.24, 2.45) is 0 Å². The van der Waals surface area contributed by atoms with Crippen LogP contribution in [0.1, 0.15) is 5.69 Å². The Morgan fingerprint density at radius 2 is 1.67 bits per heavy atom. The molecule has 0 spiro atoms. The Bertz CT molecular complexity index is 1110.